The first-order valence-corrected chi connectivity index (χ1v) is 7.08. The highest BCUT2D eigenvalue weighted by atomic mass is 16.2. The first-order chi connectivity index (χ1) is 9.62. The van der Waals surface area contributed by atoms with Crippen LogP contribution in [0.3, 0.4) is 0 Å². The fraction of sp³-hybridized carbons (Fsp3) is 0.533. The molecule has 2 aliphatic heterocycles. The van der Waals surface area contributed by atoms with E-state index >= 15 is 0 Å². The molecule has 2 saturated heterocycles. The molecule has 2 fully saturated rings. The summed E-state index contributed by atoms with van der Waals surface area (Å²) in [6.07, 6.45) is 6.60. The average Bonchev–Trinajstić information content (AvgIpc) is 2.77. The number of hydrogen-bond acceptors (Lipinski definition) is 3. The Balaban J connectivity index is 1.67. The van der Waals surface area contributed by atoms with Crippen LogP contribution in [0.4, 0.5) is 0 Å². The third-order valence-corrected chi connectivity index (χ3v) is 4.78. The van der Waals surface area contributed by atoms with Gasteiger partial charge in [-0.05, 0) is 31.4 Å². The molecule has 2 amide bonds. The third kappa shape index (κ3) is 2.07. The van der Waals surface area contributed by atoms with Gasteiger partial charge in [0.2, 0.25) is 5.91 Å². The van der Waals surface area contributed by atoms with Gasteiger partial charge >= 0.3 is 0 Å². The maximum atomic E-state index is 12.4. The van der Waals surface area contributed by atoms with Crippen LogP contribution in [0.5, 0.6) is 0 Å². The van der Waals surface area contributed by atoms with E-state index in [4.69, 9.17) is 0 Å². The Bertz CT molecular complexity index is 521. The van der Waals surface area contributed by atoms with Crippen LogP contribution >= 0.6 is 0 Å². The number of amides is 2. The summed E-state index contributed by atoms with van der Waals surface area (Å²) in [5.41, 5.74) is 0.627. The van der Waals surface area contributed by atoms with E-state index in [1.165, 1.54) is 0 Å². The number of aromatic nitrogens is 1. The van der Waals surface area contributed by atoms with Crippen LogP contribution in [0.15, 0.2) is 24.5 Å². The predicted molar refractivity (Wildman–Crippen MR) is 74.1 cm³/mol. The van der Waals surface area contributed by atoms with E-state index in [9.17, 15) is 9.59 Å². The quantitative estimate of drug-likeness (QED) is 0.775. The van der Waals surface area contributed by atoms with Crippen molar-refractivity contribution in [2.24, 2.45) is 0 Å². The number of carbonyl (C=O) groups excluding carboxylic acids is 2. The Hall–Kier alpha value is -1.91. The number of likely N-dealkylation sites (tertiary alicyclic amines) is 2. The van der Waals surface area contributed by atoms with E-state index in [0.717, 1.165) is 19.3 Å². The zero-order valence-electron chi connectivity index (χ0n) is 11.7. The van der Waals surface area contributed by atoms with Gasteiger partial charge in [-0.25, -0.2) is 0 Å². The summed E-state index contributed by atoms with van der Waals surface area (Å²) in [4.78, 5) is 31.8. The smallest absolute Gasteiger partial charge is 0.255 e. The number of hydrogen-bond donors (Lipinski definition) is 0. The highest BCUT2D eigenvalue weighted by Gasteiger charge is 2.45. The van der Waals surface area contributed by atoms with Gasteiger partial charge in [0.1, 0.15) is 0 Å². The molecule has 1 aromatic heterocycles. The molecule has 0 bridgehead atoms. The molecule has 1 spiro atoms. The molecule has 3 heterocycles. The average molecular weight is 273 g/mol. The lowest BCUT2D eigenvalue weighted by atomic mass is 9.85. The van der Waals surface area contributed by atoms with Crippen molar-refractivity contribution >= 4 is 11.8 Å². The Morgan fingerprint density at radius 1 is 1.30 bits per heavy atom. The monoisotopic (exact) mass is 273 g/mol. The van der Waals surface area contributed by atoms with E-state index in [0.29, 0.717) is 25.1 Å². The van der Waals surface area contributed by atoms with E-state index in [2.05, 4.69) is 4.98 Å². The minimum Gasteiger partial charge on any atom is -0.340 e. The highest BCUT2D eigenvalue weighted by Crippen LogP contribution is 2.38. The van der Waals surface area contributed by atoms with Crippen LogP contribution in [0.1, 0.15) is 36.0 Å². The van der Waals surface area contributed by atoms with Crippen molar-refractivity contribution in [2.45, 2.75) is 31.2 Å². The van der Waals surface area contributed by atoms with Gasteiger partial charge in [-0.3, -0.25) is 14.6 Å². The molecule has 1 aromatic rings. The number of rotatable bonds is 1. The summed E-state index contributed by atoms with van der Waals surface area (Å²) < 4.78 is 0. The zero-order chi connectivity index (χ0) is 14.2. The van der Waals surface area contributed by atoms with Crippen LogP contribution in [-0.2, 0) is 4.79 Å². The number of nitrogens with zero attached hydrogens (tertiary/aromatic N) is 3. The van der Waals surface area contributed by atoms with Crippen LogP contribution in [0, 0.1) is 0 Å². The molecule has 0 saturated carbocycles. The van der Waals surface area contributed by atoms with Gasteiger partial charge in [-0.15, -0.1) is 0 Å². The summed E-state index contributed by atoms with van der Waals surface area (Å²) >= 11 is 0. The van der Waals surface area contributed by atoms with Crippen molar-refractivity contribution in [2.75, 3.05) is 20.1 Å². The molecule has 0 atom stereocenters. The van der Waals surface area contributed by atoms with Crippen LogP contribution in [-0.4, -0.2) is 52.3 Å². The van der Waals surface area contributed by atoms with Crippen molar-refractivity contribution in [3.8, 4) is 0 Å². The van der Waals surface area contributed by atoms with Gasteiger partial charge in [0, 0.05) is 44.5 Å². The molecule has 0 aliphatic carbocycles. The molecule has 106 valence electrons. The summed E-state index contributed by atoms with van der Waals surface area (Å²) in [7, 11) is 1.90. The SMILES string of the molecule is CN1C(=O)CCC12CCN(C(=O)c1cccnc1)CC2. The van der Waals surface area contributed by atoms with Gasteiger partial charge in [0.25, 0.3) is 5.91 Å². The molecule has 3 rings (SSSR count). The lowest BCUT2D eigenvalue weighted by Crippen LogP contribution is -2.52. The molecule has 0 unspecified atom stereocenters. The Labute approximate surface area is 118 Å². The molecule has 20 heavy (non-hydrogen) atoms. The zero-order valence-corrected chi connectivity index (χ0v) is 11.7. The molecular weight excluding hydrogens is 254 g/mol. The summed E-state index contributed by atoms with van der Waals surface area (Å²) in [6.45, 7) is 1.43. The van der Waals surface area contributed by atoms with Crippen molar-refractivity contribution in [1.82, 2.24) is 14.8 Å². The summed E-state index contributed by atoms with van der Waals surface area (Å²) in [5, 5.41) is 0. The lowest BCUT2D eigenvalue weighted by Gasteiger charge is -2.43. The molecule has 5 nitrogen and oxygen atoms in total. The van der Waals surface area contributed by atoms with E-state index < -0.39 is 0 Å². The van der Waals surface area contributed by atoms with Crippen molar-refractivity contribution in [3.63, 3.8) is 0 Å². The van der Waals surface area contributed by atoms with Crippen LogP contribution < -0.4 is 0 Å². The van der Waals surface area contributed by atoms with Gasteiger partial charge in [-0.1, -0.05) is 0 Å². The Morgan fingerprint density at radius 3 is 2.60 bits per heavy atom. The molecule has 5 heteroatoms. The second kappa shape index (κ2) is 4.89. The van der Waals surface area contributed by atoms with Crippen LogP contribution in [0.2, 0.25) is 0 Å². The molecule has 2 aliphatic rings. The lowest BCUT2D eigenvalue weighted by molar-refractivity contribution is -0.130. The van der Waals surface area contributed by atoms with E-state index in [1.807, 2.05) is 16.8 Å². The first kappa shape index (κ1) is 13.1. The maximum Gasteiger partial charge on any atom is 0.255 e. The van der Waals surface area contributed by atoms with Crippen LogP contribution in [0.25, 0.3) is 0 Å². The summed E-state index contributed by atoms with van der Waals surface area (Å²) in [5.74, 6) is 0.275. The van der Waals surface area contributed by atoms with Crippen molar-refractivity contribution in [3.05, 3.63) is 30.1 Å². The van der Waals surface area contributed by atoms with Gasteiger partial charge in [-0.2, -0.15) is 0 Å². The predicted octanol–water partition coefficient (Wildman–Crippen LogP) is 1.31. The Kier molecular flexibility index (Phi) is 3.20. The molecule has 0 aromatic carbocycles. The van der Waals surface area contributed by atoms with Gasteiger partial charge in [0.15, 0.2) is 0 Å². The fourth-order valence-electron chi connectivity index (χ4n) is 3.32. The van der Waals surface area contributed by atoms with Crippen molar-refractivity contribution in [1.29, 1.82) is 0 Å². The largest absolute Gasteiger partial charge is 0.340 e. The van der Waals surface area contributed by atoms with Gasteiger partial charge < -0.3 is 9.80 Å². The van der Waals surface area contributed by atoms with Gasteiger partial charge in [0.05, 0.1) is 5.56 Å². The summed E-state index contributed by atoms with van der Waals surface area (Å²) in [6, 6.07) is 3.58. The number of piperidine rings is 1. The molecule has 0 radical (unpaired) electrons. The second-order valence-electron chi connectivity index (χ2n) is 5.71. The maximum absolute atomic E-state index is 12.4. The van der Waals surface area contributed by atoms with Crippen molar-refractivity contribution < 1.29 is 9.59 Å². The normalized spacial score (nSPS) is 21.6. The van der Waals surface area contributed by atoms with E-state index in [-0.39, 0.29) is 17.4 Å². The van der Waals surface area contributed by atoms with E-state index in [1.54, 1.807) is 24.5 Å². The topological polar surface area (TPSA) is 53.5 Å². The fourth-order valence-corrected chi connectivity index (χ4v) is 3.32. The minimum absolute atomic E-state index is 0.0111. The molecular formula is C15H19N3O2. The standard InChI is InChI=1S/C15H19N3O2/c1-17-13(19)4-5-15(17)6-9-18(10-7-15)14(20)12-3-2-8-16-11-12/h2-3,8,11H,4-7,9-10H2,1H3. The third-order valence-electron chi connectivity index (χ3n) is 4.78. The Morgan fingerprint density at radius 2 is 2.05 bits per heavy atom. The minimum atomic E-state index is -0.0111. The second-order valence-corrected chi connectivity index (χ2v) is 5.71. The molecule has 0 N–H and O–H groups in total. The first-order valence-electron chi connectivity index (χ1n) is 7.08. The number of carbonyl (C=O) groups is 2. The number of pyridine rings is 1. The highest BCUT2D eigenvalue weighted by molar-refractivity contribution is 5.94.